The Morgan fingerprint density at radius 3 is 1.26 bits per heavy atom. The first-order chi connectivity index (χ1) is 43.1. The molecule has 0 atom stereocenters. The van der Waals surface area contributed by atoms with Gasteiger partial charge in [-0.2, -0.15) is 9.97 Å². The second-order valence-corrected chi connectivity index (χ2v) is 23.0. The van der Waals surface area contributed by atoms with E-state index in [0.717, 1.165) is 66.3 Å². The Morgan fingerprint density at radius 2 is 0.678 bits per heavy atom. The van der Waals surface area contributed by atoms with Gasteiger partial charge in [-0.1, -0.05) is 249 Å². The normalized spacial score (nSPS) is 12.7. The summed E-state index contributed by atoms with van der Waals surface area (Å²) in [7, 11) is 0. The molecule has 2 aliphatic carbocycles. The summed E-state index contributed by atoms with van der Waals surface area (Å²) in [6.45, 7) is 0. The lowest BCUT2D eigenvalue weighted by atomic mass is 9.70. The van der Waals surface area contributed by atoms with Crippen LogP contribution in [0, 0.1) is 0 Å². The Hall–Kier alpha value is -11.5. The number of hydrogen-bond donors (Lipinski definition) is 0. The highest BCUT2D eigenvalue weighted by atomic mass is 15.2. The van der Waals surface area contributed by atoms with Crippen molar-refractivity contribution in [1.82, 2.24) is 24.1 Å². The van der Waals surface area contributed by atoms with E-state index in [4.69, 9.17) is 15.0 Å². The van der Waals surface area contributed by atoms with Crippen LogP contribution in [0.5, 0.6) is 0 Å². The lowest BCUT2D eigenvalue weighted by molar-refractivity contribution is 0.794. The smallest absolute Gasteiger partial charge is 0.238 e. The summed E-state index contributed by atoms with van der Waals surface area (Å²) in [5.74, 6) is 1.79. The molecule has 0 saturated heterocycles. The van der Waals surface area contributed by atoms with Crippen molar-refractivity contribution >= 4 is 43.6 Å². The highest BCUT2D eigenvalue weighted by Gasteiger charge is 2.52. The SMILES string of the molecule is c1ccc(-c2cc(-c3ccccc3)cc(-c3cccc(-n4c5ccccc5c5cc(-c6ccc7c(c6)c6ccc8c(c6n7-c6nc(-c7ccccc7)nc(-c7ccccc7)n6)-c6ccccc6C86c7ccccc7-c7ccccc76)ccc54)c3)c2)cc1. The molecular formula is C82H51N5. The minimum Gasteiger partial charge on any atom is -0.309 e. The summed E-state index contributed by atoms with van der Waals surface area (Å²) in [4.78, 5) is 16.1. The van der Waals surface area contributed by atoms with Gasteiger partial charge in [0, 0.05) is 43.9 Å². The van der Waals surface area contributed by atoms with Crippen LogP contribution in [0.15, 0.2) is 309 Å². The molecule has 0 amide bonds. The van der Waals surface area contributed by atoms with Crippen LogP contribution in [0.25, 0.3) is 145 Å². The van der Waals surface area contributed by atoms with Crippen molar-refractivity contribution in [1.29, 1.82) is 0 Å². The molecule has 16 aromatic rings. The van der Waals surface area contributed by atoms with Crippen LogP contribution in [0.2, 0.25) is 0 Å². The molecule has 404 valence electrons. The average Bonchev–Trinajstić information content (AvgIpc) is 1.53. The Balaban J connectivity index is 0.844. The van der Waals surface area contributed by atoms with Crippen LogP contribution >= 0.6 is 0 Å². The van der Waals surface area contributed by atoms with Gasteiger partial charge in [-0.15, -0.1) is 0 Å². The third kappa shape index (κ3) is 7.43. The fraction of sp³-hybridized carbons (Fsp3) is 0.0122. The number of aromatic nitrogens is 5. The predicted molar refractivity (Wildman–Crippen MR) is 357 cm³/mol. The maximum Gasteiger partial charge on any atom is 0.238 e. The van der Waals surface area contributed by atoms with Crippen molar-refractivity contribution in [2.45, 2.75) is 5.41 Å². The predicted octanol–water partition coefficient (Wildman–Crippen LogP) is 20.4. The topological polar surface area (TPSA) is 48.5 Å². The Labute approximate surface area is 503 Å². The number of para-hydroxylation sites is 1. The minimum absolute atomic E-state index is 0.543. The average molecular weight is 1110 g/mol. The third-order valence-corrected chi connectivity index (χ3v) is 18.4. The number of rotatable bonds is 8. The highest BCUT2D eigenvalue weighted by Crippen LogP contribution is 2.64. The zero-order valence-electron chi connectivity index (χ0n) is 47.2. The van der Waals surface area contributed by atoms with Gasteiger partial charge < -0.3 is 4.57 Å². The van der Waals surface area contributed by atoms with Crippen LogP contribution in [0.1, 0.15) is 22.3 Å². The lowest BCUT2D eigenvalue weighted by Gasteiger charge is -2.30. The zero-order valence-corrected chi connectivity index (χ0v) is 47.2. The van der Waals surface area contributed by atoms with E-state index < -0.39 is 5.41 Å². The molecule has 2 aliphatic rings. The van der Waals surface area contributed by atoms with Gasteiger partial charge in [0.15, 0.2) is 11.6 Å². The summed E-state index contributed by atoms with van der Waals surface area (Å²) >= 11 is 0. The quantitative estimate of drug-likeness (QED) is 0.152. The summed E-state index contributed by atoms with van der Waals surface area (Å²) in [5.41, 5.74) is 26.2. The van der Waals surface area contributed by atoms with Crippen molar-refractivity contribution in [2.24, 2.45) is 0 Å². The molecule has 18 rings (SSSR count). The first-order valence-electron chi connectivity index (χ1n) is 29.8. The molecular weight excluding hydrogens is 1050 g/mol. The number of hydrogen-bond acceptors (Lipinski definition) is 3. The Kier molecular flexibility index (Phi) is 10.8. The first-order valence-corrected chi connectivity index (χ1v) is 29.8. The largest absolute Gasteiger partial charge is 0.309 e. The molecule has 5 nitrogen and oxygen atoms in total. The van der Waals surface area contributed by atoms with E-state index in [2.05, 4.69) is 282 Å². The molecule has 1 spiro atoms. The second-order valence-electron chi connectivity index (χ2n) is 23.0. The fourth-order valence-corrected chi connectivity index (χ4v) is 14.6. The van der Waals surface area contributed by atoms with E-state index in [-0.39, 0.29) is 0 Å². The standard InChI is InChI=1S/C82H51N5/c1-5-22-52(23-6-1)59-46-60(53-24-7-2-8-25-53)48-61(47-59)56-30-21-31-62(49-56)86-74-39-20-16-34-65(74)68-50-57(40-44-75(68)86)58-41-45-76-69(51-58)66-42-43-73-77(67-35-15-19-38-72(67)82(73)70-36-17-13-32-63(70)64-33-14-18-37-71(64)82)78(66)87(76)81-84-79(54-26-9-3-10-27-54)83-80(85-81)55-28-11-4-12-29-55/h1-51H. The zero-order chi connectivity index (χ0) is 57.2. The van der Waals surface area contributed by atoms with Gasteiger partial charge in [-0.3, -0.25) is 4.57 Å². The molecule has 0 bridgehead atoms. The van der Waals surface area contributed by atoms with E-state index >= 15 is 0 Å². The van der Waals surface area contributed by atoms with E-state index in [0.29, 0.717) is 17.6 Å². The molecule has 0 N–H and O–H groups in total. The minimum atomic E-state index is -0.543. The summed E-state index contributed by atoms with van der Waals surface area (Å²) < 4.78 is 4.77. The summed E-state index contributed by atoms with van der Waals surface area (Å²) in [6.07, 6.45) is 0. The molecule has 0 aliphatic heterocycles. The van der Waals surface area contributed by atoms with Gasteiger partial charge in [0.05, 0.1) is 27.5 Å². The first kappa shape index (κ1) is 48.9. The summed E-state index contributed by atoms with van der Waals surface area (Å²) in [6, 6.07) is 113. The maximum atomic E-state index is 5.48. The van der Waals surface area contributed by atoms with Gasteiger partial charge in [0.2, 0.25) is 5.95 Å². The lowest BCUT2D eigenvalue weighted by Crippen LogP contribution is -2.25. The van der Waals surface area contributed by atoms with Gasteiger partial charge >= 0.3 is 0 Å². The van der Waals surface area contributed by atoms with Crippen LogP contribution in [-0.2, 0) is 5.41 Å². The van der Waals surface area contributed by atoms with Crippen LogP contribution < -0.4 is 0 Å². The van der Waals surface area contributed by atoms with Crippen molar-refractivity contribution in [3.05, 3.63) is 332 Å². The molecule has 0 radical (unpaired) electrons. The summed E-state index contributed by atoms with van der Waals surface area (Å²) in [5, 5.41) is 4.64. The molecule has 0 unspecified atom stereocenters. The monoisotopic (exact) mass is 1110 g/mol. The van der Waals surface area contributed by atoms with E-state index in [1.54, 1.807) is 0 Å². The van der Waals surface area contributed by atoms with Crippen molar-refractivity contribution in [2.75, 3.05) is 0 Å². The van der Waals surface area contributed by atoms with Gasteiger partial charge in [-0.25, -0.2) is 4.98 Å². The molecule has 0 saturated carbocycles. The highest BCUT2D eigenvalue weighted by molar-refractivity contribution is 6.18. The van der Waals surface area contributed by atoms with E-state index in [1.807, 2.05) is 36.4 Å². The van der Waals surface area contributed by atoms with Gasteiger partial charge in [-0.05, 0) is 144 Å². The van der Waals surface area contributed by atoms with Crippen LogP contribution in [-0.4, -0.2) is 24.1 Å². The van der Waals surface area contributed by atoms with Crippen molar-refractivity contribution in [3.63, 3.8) is 0 Å². The molecule has 3 heterocycles. The number of benzene rings is 13. The van der Waals surface area contributed by atoms with Crippen molar-refractivity contribution in [3.8, 4) is 101 Å². The molecule has 5 heteroatoms. The van der Waals surface area contributed by atoms with E-state index in [9.17, 15) is 0 Å². The molecule has 13 aromatic carbocycles. The third-order valence-electron chi connectivity index (χ3n) is 18.4. The number of nitrogens with zero attached hydrogens (tertiary/aromatic N) is 5. The Bertz CT molecular complexity index is 5290. The van der Waals surface area contributed by atoms with Crippen LogP contribution in [0.4, 0.5) is 0 Å². The maximum absolute atomic E-state index is 5.48. The van der Waals surface area contributed by atoms with Crippen molar-refractivity contribution < 1.29 is 0 Å². The number of fused-ring (bicyclic) bond motifs is 17. The second kappa shape index (κ2) is 19.3. The molecule has 87 heavy (non-hydrogen) atoms. The van der Waals surface area contributed by atoms with Gasteiger partial charge in [0.25, 0.3) is 0 Å². The van der Waals surface area contributed by atoms with Crippen LogP contribution in [0.3, 0.4) is 0 Å². The molecule has 0 fully saturated rings. The van der Waals surface area contributed by atoms with Gasteiger partial charge in [0.1, 0.15) is 0 Å². The van der Waals surface area contributed by atoms with E-state index in [1.165, 1.54) is 83.1 Å². The molecule has 3 aromatic heterocycles. The fourth-order valence-electron chi connectivity index (χ4n) is 14.6. The Morgan fingerprint density at radius 1 is 0.241 bits per heavy atom.